The van der Waals surface area contributed by atoms with Gasteiger partial charge in [0.2, 0.25) is 0 Å². The van der Waals surface area contributed by atoms with Crippen LogP contribution in [0.2, 0.25) is 0 Å². The first-order chi connectivity index (χ1) is 5.77. The minimum Gasteiger partial charge on any atom is -0.435 e. The maximum absolute atomic E-state index is 8.34. The van der Waals surface area contributed by atoms with Gasteiger partial charge in [-0.1, -0.05) is 26.2 Å². The predicted octanol–water partition coefficient (Wildman–Crippen LogP) is 2.70. The summed E-state index contributed by atoms with van der Waals surface area (Å²) in [4.78, 5) is 16.7. The highest BCUT2D eigenvalue weighted by Crippen LogP contribution is 2.24. The molecule has 0 aromatic heterocycles. The quantitative estimate of drug-likeness (QED) is 0.370. The number of hydrogen-bond acceptors (Lipinski definition) is 3. The third kappa shape index (κ3) is 9.89. The lowest BCUT2D eigenvalue weighted by atomic mass is 10.2. The fourth-order valence-electron chi connectivity index (χ4n) is 0.854. The average Bonchev–Trinajstić information content (AvgIpc) is 2.02. The van der Waals surface area contributed by atoms with Crippen LogP contribution in [-0.2, 0) is 4.52 Å². The van der Waals surface area contributed by atoms with E-state index in [0.717, 1.165) is 12.8 Å². The summed E-state index contributed by atoms with van der Waals surface area (Å²) >= 11 is 0. The van der Waals surface area contributed by atoms with Crippen LogP contribution in [0.4, 0.5) is 0 Å². The predicted molar refractivity (Wildman–Crippen MR) is 50.3 cm³/mol. The summed E-state index contributed by atoms with van der Waals surface area (Å²) < 4.78 is 4.44. The first-order valence-corrected chi connectivity index (χ1v) is 5.43. The summed E-state index contributed by atoms with van der Waals surface area (Å²) in [7, 11) is -2.21. The second kappa shape index (κ2) is 8.98. The zero-order chi connectivity index (χ0) is 9.23. The van der Waals surface area contributed by atoms with Gasteiger partial charge >= 0.3 is 8.60 Å². The molecule has 0 aromatic rings. The topological polar surface area (TPSA) is 49.7 Å². The van der Waals surface area contributed by atoms with Crippen LogP contribution in [0.15, 0.2) is 12.3 Å². The highest BCUT2D eigenvalue weighted by atomic mass is 31.2. The van der Waals surface area contributed by atoms with Crippen molar-refractivity contribution >= 4 is 8.60 Å². The van der Waals surface area contributed by atoms with E-state index in [-0.39, 0.29) is 0 Å². The molecule has 0 aliphatic rings. The monoisotopic (exact) mass is 192 g/mol. The molecule has 0 atom stereocenters. The lowest BCUT2D eigenvalue weighted by Gasteiger charge is -1.97. The molecule has 12 heavy (non-hydrogen) atoms. The van der Waals surface area contributed by atoms with Gasteiger partial charge in [-0.2, -0.15) is 0 Å². The molecular formula is C8H17O3P. The number of hydrogen-bond donors (Lipinski definition) is 2. The Morgan fingerprint density at radius 3 is 2.58 bits per heavy atom. The minimum absolute atomic E-state index is 0.948. The molecule has 0 aliphatic heterocycles. The van der Waals surface area contributed by atoms with E-state index < -0.39 is 8.60 Å². The molecule has 0 saturated heterocycles. The molecule has 0 spiro atoms. The van der Waals surface area contributed by atoms with Crippen molar-refractivity contribution in [3.05, 3.63) is 12.3 Å². The first kappa shape index (κ1) is 11.9. The Morgan fingerprint density at radius 2 is 2.00 bits per heavy atom. The summed E-state index contributed by atoms with van der Waals surface area (Å²) in [5.74, 6) is 0. The van der Waals surface area contributed by atoms with Gasteiger partial charge in [0, 0.05) is 0 Å². The second-order valence-electron chi connectivity index (χ2n) is 2.58. The molecule has 3 nitrogen and oxygen atoms in total. The van der Waals surface area contributed by atoms with Gasteiger partial charge < -0.3 is 14.3 Å². The average molecular weight is 192 g/mol. The summed E-state index contributed by atoms with van der Waals surface area (Å²) in [6.07, 6.45) is 8.99. The lowest BCUT2D eigenvalue weighted by molar-refractivity contribution is 0.342. The largest absolute Gasteiger partial charge is 0.435 e. The van der Waals surface area contributed by atoms with Crippen LogP contribution in [0.1, 0.15) is 39.0 Å². The molecule has 0 bridgehead atoms. The summed E-state index contributed by atoms with van der Waals surface area (Å²) in [5.41, 5.74) is 0. The van der Waals surface area contributed by atoms with Crippen LogP contribution in [-0.4, -0.2) is 9.79 Å². The third-order valence-corrected chi connectivity index (χ3v) is 1.79. The summed E-state index contributed by atoms with van der Waals surface area (Å²) in [6.45, 7) is 2.17. The molecule has 2 N–H and O–H groups in total. The zero-order valence-corrected chi connectivity index (χ0v) is 8.33. The molecular weight excluding hydrogens is 175 g/mol. The van der Waals surface area contributed by atoms with E-state index in [0.29, 0.717) is 0 Å². The van der Waals surface area contributed by atoms with E-state index in [9.17, 15) is 0 Å². The van der Waals surface area contributed by atoms with Crippen molar-refractivity contribution in [1.29, 1.82) is 0 Å². The van der Waals surface area contributed by atoms with Gasteiger partial charge in [0.1, 0.15) is 0 Å². The third-order valence-electron chi connectivity index (χ3n) is 1.48. The normalized spacial score (nSPS) is 11.3. The minimum atomic E-state index is -2.21. The van der Waals surface area contributed by atoms with E-state index in [1.165, 1.54) is 25.5 Å². The molecule has 0 unspecified atom stereocenters. The van der Waals surface area contributed by atoms with Crippen LogP contribution < -0.4 is 0 Å². The Bertz CT molecular complexity index is 115. The van der Waals surface area contributed by atoms with E-state index in [2.05, 4.69) is 11.4 Å². The molecule has 0 saturated carbocycles. The molecule has 0 fully saturated rings. The van der Waals surface area contributed by atoms with Crippen molar-refractivity contribution in [3.8, 4) is 0 Å². The Kier molecular flexibility index (Phi) is 8.90. The van der Waals surface area contributed by atoms with Crippen LogP contribution in [0, 0.1) is 0 Å². The maximum Gasteiger partial charge on any atom is 0.390 e. The van der Waals surface area contributed by atoms with Gasteiger partial charge in [0.25, 0.3) is 0 Å². The van der Waals surface area contributed by atoms with E-state index in [4.69, 9.17) is 9.79 Å². The number of unbranched alkanes of at least 4 members (excludes halogenated alkanes) is 4. The van der Waals surface area contributed by atoms with Crippen molar-refractivity contribution in [2.24, 2.45) is 0 Å². The zero-order valence-electron chi connectivity index (χ0n) is 7.44. The summed E-state index contributed by atoms with van der Waals surface area (Å²) in [6, 6.07) is 0. The second-order valence-corrected chi connectivity index (χ2v) is 3.30. The van der Waals surface area contributed by atoms with E-state index in [1.807, 2.05) is 6.08 Å². The molecule has 0 amide bonds. The highest BCUT2D eigenvalue weighted by molar-refractivity contribution is 7.39. The molecule has 4 heteroatoms. The van der Waals surface area contributed by atoms with Crippen molar-refractivity contribution < 1.29 is 14.3 Å². The molecule has 0 radical (unpaired) electrons. The first-order valence-electron chi connectivity index (χ1n) is 4.27. The van der Waals surface area contributed by atoms with Gasteiger partial charge in [-0.05, 0) is 18.9 Å². The Morgan fingerprint density at radius 1 is 1.25 bits per heavy atom. The molecule has 0 heterocycles. The van der Waals surface area contributed by atoms with Crippen molar-refractivity contribution in [2.45, 2.75) is 39.0 Å². The molecule has 0 aliphatic carbocycles. The van der Waals surface area contributed by atoms with Gasteiger partial charge in [0.05, 0.1) is 6.26 Å². The van der Waals surface area contributed by atoms with Gasteiger partial charge in [-0.15, -0.1) is 0 Å². The molecule has 0 rings (SSSR count). The van der Waals surface area contributed by atoms with Crippen molar-refractivity contribution in [3.63, 3.8) is 0 Å². The lowest BCUT2D eigenvalue weighted by Crippen LogP contribution is -1.75. The maximum atomic E-state index is 8.34. The van der Waals surface area contributed by atoms with Gasteiger partial charge in [-0.3, -0.25) is 0 Å². The number of rotatable bonds is 7. The van der Waals surface area contributed by atoms with Crippen LogP contribution >= 0.6 is 8.60 Å². The Labute approximate surface area is 75.1 Å². The highest BCUT2D eigenvalue weighted by Gasteiger charge is 1.92. The van der Waals surface area contributed by atoms with Gasteiger partial charge in [0.15, 0.2) is 0 Å². The smallest absolute Gasteiger partial charge is 0.390 e. The van der Waals surface area contributed by atoms with Gasteiger partial charge in [-0.25, -0.2) is 0 Å². The number of allylic oxidation sites excluding steroid dienone is 1. The Balaban J connectivity index is 3.03. The van der Waals surface area contributed by atoms with Crippen molar-refractivity contribution in [2.75, 3.05) is 0 Å². The standard InChI is InChI=1S/C8H17O3P/c1-2-3-4-5-6-7-8-11-12(9)10/h7-10H,2-6H2,1H3/b8-7+. The summed E-state index contributed by atoms with van der Waals surface area (Å²) in [5, 5.41) is 0. The van der Waals surface area contributed by atoms with Crippen molar-refractivity contribution in [1.82, 2.24) is 0 Å². The Hall–Kier alpha value is -0.110. The van der Waals surface area contributed by atoms with E-state index >= 15 is 0 Å². The van der Waals surface area contributed by atoms with Crippen LogP contribution in [0.5, 0.6) is 0 Å². The fourth-order valence-corrected chi connectivity index (χ4v) is 1.05. The molecule has 0 aromatic carbocycles. The SMILES string of the molecule is CCCCCC/C=C/OP(O)O. The fraction of sp³-hybridized carbons (Fsp3) is 0.750. The van der Waals surface area contributed by atoms with Crippen LogP contribution in [0.25, 0.3) is 0 Å². The molecule has 72 valence electrons. The van der Waals surface area contributed by atoms with E-state index in [1.54, 1.807) is 0 Å². The van der Waals surface area contributed by atoms with Crippen LogP contribution in [0.3, 0.4) is 0 Å².